The van der Waals surface area contributed by atoms with Crippen molar-refractivity contribution in [1.82, 2.24) is 34.6 Å². The van der Waals surface area contributed by atoms with Gasteiger partial charge in [-0.15, -0.1) is 0 Å². The number of amides is 1. The zero-order valence-electron chi connectivity index (χ0n) is 27.3. The second kappa shape index (κ2) is 13.6. The fourth-order valence-electron chi connectivity index (χ4n) is 6.31. The number of nitrogens with one attached hydrogen (secondary N) is 2. The smallest absolute Gasteiger partial charge is 0.256 e. The fourth-order valence-corrected chi connectivity index (χ4v) is 6.47. The molecular formula is C37H34ClFN8O3. The summed E-state index contributed by atoms with van der Waals surface area (Å²) in [5.41, 5.74) is 6.93. The van der Waals surface area contributed by atoms with Gasteiger partial charge in [-0.3, -0.25) is 14.8 Å². The van der Waals surface area contributed by atoms with E-state index in [0.717, 1.165) is 77.4 Å². The van der Waals surface area contributed by atoms with Crippen LogP contribution in [0.4, 0.5) is 10.2 Å². The molecule has 0 radical (unpaired) electrons. The predicted molar refractivity (Wildman–Crippen MR) is 189 cm³/mol. The predicted octanol–water partition coefficient (Wildman–Crippen LogP) is 6.71. The van der Waals surface area contributed by atoms with Gasteiger partial charge >= 0.3 is 0 Å². The van der Waals surface area contributed by atoms with Gasteiger partial charge in [0.1, 0.15) is 29.6 Å². The molecule has 4 aromatic heterocycles. The number of ether oxygens (including phenoxy) is 2. The van der Waals surface area contributed by atoms with Crippen molar-refractivity contribution in [3.8, 4) is 5.88 Å². The Balaban J connectivity index is 0.965. The number of rotatable bonds is 10. The van der Waals surface area contributed by atoms with E-state index >= 15 is 0 Å². The Morgan fingerprint density at radius 3 is 2.82 bits per heavy atom. The first-order chi connectivity index (χ1) is 24.4. The number of anilines is 1. The van der Waals surface area contributed by atoms with Crippen molar-refractivity contribution in [2.24, 2.45) is 0 Å². The Bertz CT molecular complexity index is 2260. The summed E-state index contributed by atoms with van der Waals surface area (Å²) in [4.78, 5) is 29.9. The third-order valence-electron chi connectivity index (χ3n) is 9.19. The van der Waals surface area contributed by atoms with Crippen LogP contribution in [0.15, 0.2) is 72.8 Å². The lowest BCUT2D eigenvalue weighted by molar-refractivity contribution is -0.0591. The van der Waals surface area contributed by atoms with Gasteiger partial charge in [0.05, 0.1) is 47.1 Å². The van der Waals surface area contributed by atoms with Gasteiger partial charge in [-0.25, -0.2) is 19.3 Å². The molecule has 13 heteroatoms. The molecule has 0 spiro atoms. The highest BCUT2D eigenvalue weighted by molar-refractivity contribution is 6.30. The van der Waals surface area contributed by atoms with Gasteiger partial charge < -0.3 is 19.4 Å². The van der Waals surface area contributed by atoms with Crippen molar-refractivity contribution >= 4 is 51.0 Å². The molecule has 0 aliphatic carbocycles. The number of hydrogen-bond acceptors (Lipinski definition) is 8. The van der Waals surface area contributed by atoms with E-state index in [1.165, 1.54) is 6.07 Å². The molecule has 254 valence electrons. The Morgan fingerprint density at radius 1 is 1.12 bits per heavy atom. The summed E-state index contributed by atoms with van der Waals surface area (Å²) in [6.07, 6.45) is 4.14. The maximum atomic E-state index is 14.2. The van der Waals surface area contributed by atoms with Crippen LogP contribution in [-0.2, 0) is 24.4 Å². The average molecular weight is 693 g/mol. The number of aryl methyl sites for hydroxylation is 1. The third-order valence-corrected chi connectivity index (χ3v) is 9.43. The van der Waals surface area contributed by atoms with Gasteiger partial charge in [-0.2, -0.15) is 5.10 Å². The van der Waals surface area contributed by atoms with Crippen LogP contribution in [0.25, 0.3) is 27.6 Å². The van der Waals surface area contributed by atoms with Crippen molar-refractivity contribution in [2.75, 3.05) is 25.0 Å². The topological polar surface area (TPSA) is 123 Å². The Labute approximate surface area is 292 Å². The fraction of sp³-hybridized carbons (Fsp3) is 0.270. The summed E-state index contributed by atoms with van der Waals surface area (Å²) in [5.74, 6) is 1.16. The van der Waals surface area contributed by atoms with E-state index in [2.05, 4.69) is 36.0 Å². The van der Waals surface area contributed by atoms with E-state index in [-0.39, 0.29) is 18.6 Å². The molecule has 1 saturated heterocycles. The third kappa shape index (κ3) is 6.69. The van der Waals surface area contributed by atoms with E-state index in [1.807, 2.05) is 43.3 Å². The van der Waals surface area contributed by atoms with Crippen molar-refractivity contribution < 1.29 is 18.7 Å². The number of halogens is 2. The van der Waals surface area contributed by atoms with E-state index in [1.54, 1.807) is 24.3 Å². The number of benzene rings is 2. The lowest BCUT2D eigenvalue weighted by atomic mass is 10.0. The Hall–Kier alpha value is -5.17. The quantitative estimate of drug-likeness (QED) is 0.162. The first-order valence-electron chi connectivity index (χ1n) is 16.6. The molecule has 11 nitrogen and oxygen atoms in total. The maximum Gasteiger partial charge on any atom is 0.256 e. The molecule has 2 aliphatic rings. The number of carbonyl (C=O) groups excluding carboxylic acids is 1. The average Bonchev–Trinajstić information content (AvgIpc) is 3.64. The summed E-state index contributed by atoms with van der Waals surface area (Å²) in [6.45, 7) is 5.59. The molecule has 1 fully saturated rings. The molecule has 2 aliphatic heterocycles. The molecule has 0 saturated carbocycles. The van der Waals surface area contributed by atoms with Crippen molar-refractivity contribution in [3.63, 3.8) is 0 Å². The van der Waals surface area contributed by atoms with Gasteiger partial charge in [-0.1, -0.05) is 29.8 Å². The van der Waals surface area contributed by atoms with Crippen LogP contribution >= 0.6 is 11.6 Å². The summed E-state index contributed by atoms with van der Waals surface area (Å²) >= 11 is 5.87. The summed E-state index contributed by atoms with van der Waals surface area (Å²) in [5, 5.41) is 10.4. The highest BCUT2D eigenvalue weighted by Gasteiger charge is 2.24. The molecule has 6 heterocycles. The number of H-pyrrole nitrogens is 1. The number of aromatic nitrogens is 6. The molecule has 1 amide bonds. The minimum atomic E-state index is -0.407. The molecule has 0 bridgehead atoms. The van der Waals surface area contributed by atoms with Crippen LogP contribution in [0.1, 0.15) is 46.0 Å². The SMILES string of the molecule is Cc1n[nH]c2ccc(NC(=O)c3ccc4c(c3)nc(CN3CC=C(c5cccc(OCc6ccc(Cl)cc6F)n5)CC3)n4C[C@@H]3CCO3)nc12. The molecule has 8 rings (SSSR count). The second-order valence-electron chi connectivity index (χ2n) is 12.6. The van der Waals surface area contributed by atoms with Crippen LogP contribution in [0, 0.1) is 12.7 Å². The van der Waals surface area contributed by atoms with E-state index in [0.29, 0.717) is 40.9 Å². The number of hydrogen-bond donors (Lipinski definition) is 2. The normalized spacial score (nSPS) is 16.4. The molecular weight excluding hydrogens is 659 g/mol. The zero-order chi connectivity index (χ0) is 34.2. The maximum absolute atomic E-state index is 14.2. The largest absolute Gasteiger partial charge is 0.473 e. The first kappa shape index (κ1) is 32.1. The number of imidazole rings is 1. The van der Waals surface area contributed by atoms with E-state index in [9.17, 15) is 9.18 Å². The van der Waals surface area contributed by atoms with Gasteiger partial charge in [0.2, 0.25) is 5.88 Å². The number of nitrogens with zero attached hydrogens (tertiary/aromatic N) is 6. The first-order valence-corrected chi connectivity index (χ1v) is 16.9. The van der Waals surface area contributed by atoms with E-state index in [4.69, 9.17) is 31.0 Å². The summed E-state index contributed by atoms with van der Waals surface area (Å²) in [6, 6.07) is 19.4. The van der Waals surface area contributed by atoms with Gasteiger partial charge in [-0.05, 0) is 73.9 Å². The number of aromatic amines is 1. The van der Waals surface area contributed by atoms with Crippen LogP contribution in [0.2, 0.25) is 5.02 Å². The van der Waals surface area contributed by atoms with Crippen molar-refractivity contribution in [2.45, 2.75) is 45.6 Å². The Morgan fingerprint density at radius 2 is 2.02 bits per heavy atom. The Kier molecular flexibility index (Phi) is 8.73. The highest BCUT2D eigenvalue weighted by Crippen LogP contribution is 2.27. The van der Waals surface area contributed by atoms with Gasteiger partial charge in [0.25, 0.3) is 5.91 Å². The second-order valence-corrected chi connectivity index (χ2v) is 13.0. The number of carbonyl (C=O) groups is 1. The van der Waals surface area contributed by atoms with Crippen molar-refractivity contribution in [3.05, 3.63) is 112 Å². The lowest BCUT2D eigenvalue weighted by Crippen LogP contribution is -2.33. The standard InChI is InChI=1S/C37H34ClFN8O3/c1-22-36-30(45-44-22)8-10-33(42-36)43-37(48)24-6-9-32-31(17-24)40-34(47(32)19-27-13-16-49-27)20-46-14-11-23(12-15-46)29-3-2-4-35(41-29)50-21-25-5-7-26(38)18-28(25)39/h2-11,17-18,27H,12-16,19-21H2,1H3,(H,44,45)(H,42,43,48)/t27-/m0/s1. The van der Waals surface area contributed by atoms with Crippen LogP contribution in [-0.4, -0.2) is 66.3 Å². The lowest BCUT2D eigenvalue weighted by Gasteiger charge is -2.29. The van der Waals surface area contributed by atoms with Crippen molar-refractivity contribution in [1.29, 1.82) is 0 Å². The zero-order valence-corrected chi connectivity index (χ0v) is 28.1. The van der Waals surface area contributed by atoms with Crippen LogP contribution in [0.5, 0.6) is 5.88 Å². The summed E-state index contributed by atoms with van der Waals surface area (Å²) in [7, 11) is 0. The van der Waals surface area contributed by atoms with Crippen LogP contribution in [0.3, 0.4) is 0 Å². The minimum absolute atomic E-state index is 0.0601. The number of pyridine rings is 2. The summed E-state index contributed by atoms with van der Waals surface area (Å²) < 4.78 is 28.1. The molecule has 2 N–H and O–H groups in total. The van der Waals surface area contributed by atoms with Gasteiger partial charge in [0.15, 0.2) is 0 Å². The number of fused-ring (bicyclic) bond motifs is 2. The molecule has 2 aromatic carbocycles. The highest BCUT2D eigenvalue weighted by atomic mass is 35.5. The molecule has 50 heavy (non-hydrogen) atoms. The molecule has 0 unspecified atom stereocenters. The van der Waals surface area contributed by atoms with Gasteiger partial charge in [0, 0.05) is 41.9 Å². The van der Waals surface area contributed by atoms with Crippen LogP contribution < -0.4 is 10.1 Å². The monoisotopic (exact) mass is 692 g/mol. The molecule has 6 aromatic rings. The molecule has 1 atom stereocenters. The minimum Gasteiger partial charge on any atom is -0.473 e. The van der Waals surface area contributed by atoms with E-state index < -0.39 is 5.82 Å².